The molecule has 1 amide bonds. The van der Waals surface area contributed by atoms with Gasteiger partial charge in [-0.15, -0.1) is 0 Å². The number of hydrogen-bond donors (Lipinski definition) is 1. The number of ether oxygens (including phenoxy) is 1. The zero-order chi connectivity index (χ0) is 22.7. The number of aryl methyl sites for hydroxylation is 1. The second-order valence-electron chi connectivity index (χ2n) is 8.04. The van der Waals surface area contributed by atoms with Crippen molar-refractivity contribution >= 4 is 17.4 Å². The first-order valence-corrected chi connectivity index (χ1v) is 10.7. The molecule has 3 heterocycles. The highest BCUT2D eigenvalue weighted by Crippen LogP contribution is 2.39. The number of carbonyl (C=O) groups is 2. The van der Waals surface area contributed by atoms with E-state index in [9.17, 15) is 19.1 Å². The van der Waals surface area contributed by atoms with Crippen molar-refractivity contribution in [1.82, 2.24) is 14.8 Å². The zero-order valence-electron chi connectivity index (χ0n) is 18.0. The second-order valence-corrected chi connectivity index (χ2v) is 8.04. The average molecular weight is 439 g/mol. The van der Waals surface area contributed by atoms with Crippen LogP contribution in [0.25, 0.3) is 5.76 Å². The van der Waals surface area contributed by atoms with Gasteiger partial charge in [0.05, 0.1) is 24.8 Å². The van der Waals surface area contributed by atoms with Crippen LogP contribution in [0.2, 0.25) is 0 Å². The number of morpholine rings is 1. The second kappa shape index (κ2) is 9.58. The number of hydrogen-bond acceptors (Lipinski definition) is 6. The third-order valence-electron chi connectivity index (χ3n) is 5.98. The molecule has 0 unspecified atom stereocenters. The molecule has 1 atom stereocenters. The van der Waals surface area contributed by atoms with Gasteiger partial charge in [-0.2, -0.15) is 0 Å². The number of likely N-dealkylation sites (tertiary alicyclic amines) is 1. The molecule has 8 heteroatoms. The first-order chi connectivity index (χ1) is 15.5. The van der Waals surface area contributed by atoms with Crippen molar-refractivity contribution < 1.29 is 23.8 Å². The van der Waals surface area contributed by atoms with Crippen LogP contribution < -0.4 is 0 Å². The number of amides is 1. The highest BCUT2D eigenvalue weighted by molar-refractivity contribution is 6.46. The van der Waals surface area contributed by atoms with Crippen molar-refractivity contribution in [3.63, 3.8) is 0 Å². The van der Waals surface area contributed by atoms with E-state index in [-0.39, 0.29) is 16.9 Å². The largest absolute Gasteiger partial charge is 0.507 e. The highest BCUT2D eigenvalue weighted by Gasteiger charge is 2.45. The Morgan fingerprint density at radius 1 is 1.16 bits per heavy atom. The number of carbonyl (C=O) groups excluding carboxylic acids is 2. The van der Waals surface area contributed by atoms with E-state index in [1.807, 2.05) is 0 Å². The predicted molar refractivity (Wildman–Crippen MR) is 116 cm³/mol. The Balaban J connectivity index is 1.66. The van der Waals surface area contributed by atoms with Gasteiger partial charge in [-0.05, 0) is 42.7 Å². The summed E-state index contributed by atoms with van der Waals surface area (Å²) in [6.07, 6.45) is 3.83. The summed E-state index contributed by atoms with van der Waals surface area (Å²) < 4.78 is 19.5. The van der Waals surface area contributed by atoms with Gasteiger partial charge in [0.15, 0.2) is 0 Å². The predicted octanol–water partition coefficient (Wildman–Crippen LogP) is 2.67. The van der Waals surface area contributed by atoms with Crippen LogP contribution in [-0.2, 0) is 14.3 Å². The van der Waals surface area contributed by atoms with Crippen LogP contribution in [0.4, 0.5) is 4.39 Å². The van der Waals surface area contributed by atoms with Crippen LogP contribution in [0.15, 0.2) is 48.3 Å². The quantitative estimate of drug-likeness (QED) is 0.423. The Morgan fingerprint density at radius 3 is 2.56 bits per heavy atom. The minimum atomic E-state index is -0.767. The molecule has 1 aromatic heterocycles. The van der Waals surface area contributed by atoms with E-state index in [0.717, 1.165) is 19.6 Å². The smallest absolute Gasteiger partial charge is 0.295 e. The number of ketones is 1. The number of pyridine rings is 1. The lowest BCUT2D eigenvalue weighted by Crippen LogP contribution is -2.38. The first-order valence-electron chi connectivity index (χ1n) is 10.7. The van der Waals surface area contributed by atoms with Crippen LogP contribution in [0.3, 0.4) is 0 Å². The van der Waals surface area contributed by atoms with Crippen molar-refractivity contribution in [3.05, 3.63) is 70.8 Å². The Kier molecular flexibility index (Phi) is 6.62. The molecule has 7 nitrogen and oxygen atoms in total. The molecule has 32 heavy (non-hydrogen) atoms. The lowest BCUT2D eigenvalue weighted by molar-refractivity contribution is -0.140. The number of halogens is 1. The van der Waals surface area contributed by atoms with E-state index in [4.69, 9.17) is 4.74 Å². The third-order valence-corrected chi connectivity index (χ3v) is 5.98. The fourth-order valence-corrected chi connectivity index (χ4v) is 4.19. The van der Waals surface area contributed by atoms with Crippen LogP contribution in [0, 0.1) is 12.7 Å². The van der Waals surface area contributed by atoms with Gasteiger partial charge in [0.1, 0.15) is 11.6 Å². The number of benzene rings is 1. The number of aliphatic hydroxyl groups excluding tert-OH is 1. The van der Waals surface area contributed by atoms with Crippen molar-refractivity contribution in [1.29, 1.82) is 0 Å². The summed E-state index contributed by atoms with van der Waals surface area (Å²) in [7, 11) is 0. The van der Waals surface area contributed by atoms with E-state index < -0.39 is 23.5 Å². The summed E-state index contributed by atoms with van der Waals surface area (Å²) in [6, 6.07) is 6.93. The molecular weight excluding hydrogens is 413 g/mol. The third kappa shape index (κ3) is 4.42. The van der Waals surface area contributed by atoms with Crippen LogP contribution in [0.5, 0.6) is 0 Å². The Labute approximate surface area is 186 Å². The van der Waals surface area contributed by atoms with E-state index in [2.05, 4.69) is 9.88 Å². The molecule has 0 aliphatic carbocycles. The molecule has 2 aliphatic heterocycles. The first kappa shape index (κ1) is 22.1. The SMILES string of the molecule is Cc1ccc(C(O)=C2C(=O)C(=O)N(CCCN3CCOCC3)[C@H]2c2ccncc2)cc1F. The van der Waals surface area contributed by atoms with Crippen molar-refractivity contribution in [2.24, 2.45) is 0 Å². The summed E-state index contributed by atoms with van der Waals surface area (Å²) in [5.74, 6) is -2.30. The van der Waals surface area contributed by atoms with E-state index in [0.29, 0.717) is 37.3 Å². The standard InChI is InChI=1S/C24H26FN3O4/c1-16-3-4-18(15-19(16)25)22(29)20-21(17-5-7-26-8-6-17)28(24(31)23(20)30)10-2-9-27-11-13-32-14-12-27/h3-8,15,21,29H,2,9-14H2,1H3/t21-/m0/s1. The number of aromatic nitrogens is 1. The van der Waals surface area contributed by atoms with Gasteiger partial charge in [-0.25, -0.2) is 4.39 Å². The fraction of sp³-hybridized carbons (Fsp3) is 0.375. The monoisotopic (exact) mass is 439 g/mol. The van der Waals surface area contributed by atoms with Crippen molar-refractivity contribution in [2.75, 3.05) is 39.4 Å². The summed E-state index contributed by atoms with van der Waals surface area (Å²) in [5, 5.41) is 11.0. The van der Waals surface area contributed by atoms with Gasteiger partial charge in [-0.1, -0.05) is 12.1 Å². The Morgan fingerprint density at radius 2 is 1.88 bits per heavy atom. The van der Waals surface area contributed by atoms with Crippen LogP contribution in [-0.4, -0.2) is 71.0 Å². The number of Topliss-reactive ketones (excluding diaryl/α,β-unsaturated/α-hetero) is 1. The molecule has 0 bridgehead atoms. The average Bonchev–Trinajstić information content (AvgIpc) is 3.06. The minimum Gasteiger partial charge on any atom is -0.507 e. The van der Waals surface area contributed by atoms with Gasteiger partial charge >= 0.3 is 0 Å². The Bertz CT molecular complexity index is 1030. The Hall–Kier alpha value is -3.10. The topological polar surface area (TPSA) is 83.0 Å². The maximum absolute atomic E-state index is 14.1. The molecule has 0 radical (unpaired) electrons. The van der Waals surface area contributed by atoms with Gasteiger partial charge in [0, 0.05) is 44.1 Å². The molecule has 0 spiro atoms. The van der Waals surface area contributed by atoms with Crippen LogP contribution >= 0.6 is 0 Å². The molecule has 168 valence electrons. The molecule has 1 N–H and O–H groups in total. The van der Waals surface area contributed by atoms with Crippen molar-refractivity contribution in [3.8, 4) is 0 Å². The number of aliphatic hydroxyl groups is 1. The zero-order valence-corrected chi connectivity index (χ0v) is 18.0. The molecular formula is C24H26FN3O4. The van der Waals surface area contributed by atoms with Crippen molar-refractivity contribution in [2.45, 2.75) is 19.4 Å². The van der Waals surface area contributed by atoms with Gasteiger partial charge in [0.25, 0.3) is 11.7 Å². The summed E-state index contributed by atoms with van der Waals surface area (Å²) in [5.41, 5.74) is 1.23. The minimum absolute atomic E-state index is 0.0316. The summed E-state index contributed by atoms with van der Waals surface area (Å²) in [4.78, 5) is 33.7. The number of nitrogens with zero attached hydrogens (tertiary/aromatic N) is 3. The molecule has 2 aliphatic rings. The van der Waals surface area contributed by atoms with Gasteiger partial charge in [0.2, 0.25) is 0 Å². The maximum atomic E-state index is 14.1. The lowest BCUT2D eigenvalue weighted by Gasteiger charge is -2.29. The van der Waals surface area contributed by atoms with Gasteiger partial charge in [-0.3, -0.25) is 19.5 Å². The molecule has 2 aromatic rings. The molecule has 2 saturated heterocycles. The lowest BCUT2D eigenvalue weighted by atomic mass is 9.95. The normalized spacial score (nSPS) is 21.3. The number of rotatable bonds is 6. The molecule has 2 fully saturated rings. The van der Waals surface area contributed by atoms with E-state index >= 15 is 0 Å². The van der Waals surface area contributed by atoms with Gasteiger partial charge < -0.3 is 14.7 Å². The summed E-state index contributed by atoms with van der Waals surface area (Å²) in [6.45, 7) is 5.80. The molecule has 4 rings (SSSR count). The highest BCUT2D eigenvalue weighted by atomic mass is 19.1. The van der Waals surface area contributed by atoms with Crippen LogP contribution in [0.1, 0.15) is 29.2 Å². The molecule has 1 aromatic carbocycles. The maximum Gasteiger partial charge on any atom is 0.295 e. The summed E-state index contributed by atoms with van der Waals surface area (Å²) >= 11 is 0. The molecule has 0 saturated carbocycles. The van der Waals surface area contributed by atoms with E-state index in [1.54, 1.807) is 37.5 Å². The van der Waals surface area contributed by atoms with E-state index in [1.165, 1.54) is 17.0 Å². The fourth-order valence-electron chi connectivity index (χ4n) is 4.19.